The van der Waals surface area contributed by atoms with Gasteiger partial charge in [-0.25, -0.2) is 0 Å². The van der Waals surface area contributed by atoms with Crippen LogP contribution < -0.4 is 5.73 Å². The third-order valence-corrected chi connectivity index (χ3v) is 2.67. The Kier molecular flexibility index (Phi) is 5.73. The Morgan fingerprint density at radius 3 is 3.06 bits per heavy atom. The Bertz CT molecular complexity index is 223. The first-order valence-electron chi connectivity index (χ1n) is 5.89. The van der Waals surface area contributed by atoms with Gasteiger partial charge in [0, 0.05) is 19.6 Å². The standard InChI is InChI=1S/C11H22N2O3/c1-3-15-11(14)10(12)4-5-13-6-7-16-9(2)8-13/h9-10H,3-8,12H2,1-2H3. The normalized spacial score (nSPS) is 24.1. The summed E-state index contributed by atoms with van der Waals surface area (Å²) in [5.41, 5.74) is 5.72. The van der Waals surface area contributed by atoms with E-state index in [4.69, 9.17) is 15.2 Å². The van der Waals surface area contributed by atoms with Gasteiger partial charge >= 0.3 is 5.97 Å². The van der Waals surface area contributed by atoms with E-state index in [-0.39, 0.29) is 12.1 Å². The van der Waals surface area contributed by atoms with Crippen LogP contribution in [0.15, 0.2) is 0 Å². The van der Waals surface area contributed by atoms with Gasteiger partial charge in [-0.3, -0.25) is 9.69 Å². The molecule has 0 aromatic heterocycles. The second-order valence-corrected chi connectivity index (χ2v) is 4.13. The second kappa shape index (κ2) is 6.83. The lowest BCUT2D eigenvalue weighted by molar-refractivity contribution is -0.145. The lowest BCUT2D eigenvalue weighted by Gasteiger charge is -2.31. The highest BCUT2D eigenvalue weighted by molar-refractivity contribution is 5.75. The molecule has 94 valence electrons. The van der Waals surface area contributed by atoms with Gasteiger partial charge in [0.25, 0.3) is 0 Å². The first-order valence-corrected chi connectivity index (χ1v) is 5.89. The van der Waals surface area contributed by atoms with Crippen LogP contribution in [0.2, 0.25) is 0 Å². The van der Waals surface area contributed by atoms with E-state index in [1.807, 2.05) is 0 Å². The minimum atomic E-state index is -0.502. The number of carbonyl (C=O) groups is 1. The van der Waals surface area contributed by atoms with E-state index in [9.17, 15) is 4.79 Å². The van der Waals surface area contributed by atoms with Crippen molar-refractivity contribution in [3.8, 4) is 0 Å². The highest BCUT2D eigenvalue weighted by atomic mass is 16.5. The fraction of sp³-hybridized carbons (Fsp3) is 0.909. The first kappa shape index (κ1) is 13.4. The summed E-state index contributed by atoms with van der Waals surface area (Å²) in [6.07, 6.45) is 0.915. The Hall–Kier alpha value is -0.650. The summed E-state index contributed by atoms with van der Waals surface area (Å²) in [6.45, 7) is 7.64. The molecular formula is C11H22N2O3. The number of carbonyl (C=O) groups excluding carboxylic acids is 1. The molecule has 5 heteroatoms. The fourth-order valence-corrected chi connectivity index (χ4v) is 1.78. The van der Waals surface area contributed by atoms with Crippen LogP contribution >= 0.6 is 0 Å². The molecule has 16 heavy (non-hydrogen) atoms. The van der Waals surface area contributed by atoms with Gasteiger partial charge in [-0.2, -0.15) is 0 Å². The van der Waals surface area contributed by atoms with E-state index < -0.39 is 6.04 Å². The topological polar surface area (TPSA) is 64.8 Å². The summed E-state index contributed by atoms with van der Waals surface area (Å²) < 4.78 is 10.3. The summed E-state index contributed by atoms with van der Waals surface area (Å²) in [5.74, 6) is -0.302. The molecule has 1 aliphatic rings. The van der Waals surface area contributed by atoms with Crippen molar-refractivity contribution in [2.24, 2.45) is 5.73 Å². The Labute approximate surface area is 96.9 Å². The van der Waals surface area contributed by atoms with Crippen LogP contribution in [-0.2, 0) is 14.3 Å². The molecule has 0 radical (unpaired) electrons. The predicted molar refractivity (Wildman–Crippen MR) is 61.1 cm³/mol. The van der Waals surface area contributed by atoms with Crippen molar-refractivity contribution in [3.63, 3.8) is 0 Å². The van der Waals surface area contributed by atoms with Gasteiger partial charge in [-0.05, 0) is 20.3 Å². The molecule has 0 bridgehead atoms. The fourth-order valence-electron chi connectivity index (χ4n) is 1.78. The van der Waals surface area contributed by atoms with Gasteiger partial charge in [-0.1, -0.05) is 0 Å². The molecule has 5 nitrogen and oxygen atoms in total. The number of morpholine rings is 1. The molecule has 1 fully saturated rings. The van der Waals surface area contributed by atoms with Crippen LogP contribution in [-0.4, -0.2) is 55.9 Å². The maximum atomic E-state index is 11.3. The summed E-state index contributed by atoms with van der Waals surface area (Å²) >= 11 is 0. The summed E-state index contributed by atoms with van der Waals surface area (Å²) in [4.78, 5) is 13.6. The van der Waals surface area contributed by atoms with Gasteiger partial charge in [0.1, 0.15) is 6.04 Å². The van der Waals surface area contributed by atoms with Crippen molar-refractivity contribution in [2.45, 2.75) is 32.4 Å². The maximum Gasteiger partial charge on any atom is 0.322 e. The van der Waals surface area contributed by atoms with Crippen LogP contribution in [0.5, 0.6) is 0 Å². The van der Waals surface area contributed by atoms with Crippen LogP contribution in [0.3, 0.4) is 0 Å². The minimum Gasteiger partial charge on any atom is -0.465 e. The number of rotatable bonds is 5. The van der Waals surface area contributed by atoms with Gasteiger partial charge in [-0.15, -0.1) is 0 Å². The number of nitrogens with zero attached hydrogens (tertiary/aromatic N) is 1. The zero-order valence-corrected chi connectivity index (χ0v) is 10.1. The number of hydrogen-bond donors (Lipinski definition) is 1. The zero-order chi connectivity index (χ0) is 12.0. The summed E-state index contributed by atoms with van der Waals surface area (Å²) in [7, 11) is 0. The largest absolute Gasteiger partial charge is 0.465 e. The van der Waals surface area contributed by atoms with Crippen LogP contribution in [0.25, 0.3) is 0 Å². The smallest absolute Gasteiger partial charge is 0.322 e. The molecule has 1 saturated heterocycles. The highest BCUT2D eigenvalue weighted by Gasteiger charge is 2.19. The Balaban J connectivity index is 2.20. The van der Waals surface area contributed by atoms with E-state index >= 15 is 0 Å². The molecule has 0 aromatic rings. The monoisotopic (exact) mass is 230 g/mol. The van der Waals surface area contributed by atoms with Gasteiger partial charge in [0.15, 0.2) is 0 Å². The third kappa shape index (κ3) is 4.47. The van der Waals surface area contributed by atoms with Crippen molar-refractivity contribution in [3.05, 3.63) is 0 Å². The van der Waals surface area contributed by atoms with Crippen molar-refractivity contribution in [2.75, 3.05) is 32.8 Å². The molecule has 2 unspecified atom stereocenters. The summed E-state index contributed by atoms with van der Waals surface area (Å²) in [6, 6.07) is -0.502. The van der Waals surface area contributed by atoms with E-state index in [0.717, 1.165) is 26.2 Å². The quantitative estimate of drug-likeness (QED) is 0.673. The average molecular weight is 230 g/mol. The lowest BCUT2D eigenvalue weighted by atomic mass is 10.2. The number of esters is 1. The van der Waals surface area contributed by atoms with Crippen molar-refractivity contribution >= 4 is 5.97 Å². The maximum absolute atomic E-state index is 11.3. The van der Waals surface area contributed by atoms with E-state index in [1.54, 1.807) is 6.92 Å². The zero-order valence-electron chi connectivity index (χ0n) is 10.1. The van der Waals surface area contributed by atoms with Crippen molar-refractivity contribution in [1.82, 2.24) is 4.90 Å². The second-order valence-electron chi connectivity index (χ2n) is 4.13. The van der Waals surface area contributed by atoms with Gasteiger partial charge in [0.2, 0.25) is 0 Å². The number of ether oxygens (including phenoxy) is 2. The van der Waals surface area contributed by atoms with Crippen molar-refractivity contribution < 1.29 is 14.3 Å². The molecular weight excluding hydrogens is 208 g/mol. The van der Waals surface area contributed by atoms with Crippen LogP contribution in [0, 0.1) is 0 Å². The Morgan fingerprint density at radius 2 is 2.44 bits per heavy atom. The molecule has 2 atom stereocenters. The molecule has 0 spiro atoms. The molecule has 1 aliphatic heterocycles. The number of hydrogen-bond acceptors (Lipinski definition) is 5. The molecule has 2 N–H and O–H groups in total. The van der Waals surface area contributed by atoms with Crippen LogP contribution in [0.1, 0.15) is 20.3 Å². The molecule has 0 saturated carbocycles. The van der Waals surface area contributed by atoms with Gasteiger partial charge < -0.3 is 15.2 Å². The van der Waals surface area contributed by atoms with E-state index in [0.29, 0.717) is 13.0 Å². The average Bonchev–Trinajstić information content (AvgIpc) is 2.26. The molecule has 0 aromatic carbocycles. The lowest BCUT2D eigenvalue weighted by Crippen LogP contribution is -2.44. The van der Waals surface area contributed by atoms with Crippen molar-refractivity contribution in [1.29, 1.82) is 0 Å². The molecule has 0 amide bonds. The Morgan fingerprint density at radius 1 is 1.69 bits per heavy atom. The minimum absolute atomic E-state index is 0.271. The van der Waals surface area contributed by atoms with E-state index in [2.05, 4.69) is 11.8 Å². The summed E-state index contributed by atoms with van der Waals surface area (Å²) in [5, 5.41) is 0. The van der Waals surface area contributed by atoms with E-state index in [1.165, 1.54) is 0 Å². The highest BCUT2D eigenvalue weighted by Crippen LogP contribution is 2.05. The van der Waals surface area contributed by atoms with Crippen LogP contribution in [0.4, 0.5) is 0 Å². The predicted octanol–water partition coefficient (Wildman–Crippen LogP) is -0.0124. The number of nitrogens with two attached hydrogens (primary N) is 1. The SMILES string of the molecule is CCOC(=O)C(N)CCN1CCOC(C)C1. The first-order chi connectivity index (χ1) is 7.63. The van der Waals surface area contributed by atoms with Gasteiger partial charge in [0.05, 0.1) is 19.3 Å². The third-order valence-electron chi connectivity index (χ3n) is 2.67. The molecule has 1 rings (SSSR count). The molecule has 0 aliphatic carbocycles. The molecule has 1 heterocycles.